The van der Waals surface area contributed by atoms with Crippen molar-refractivity contribution in [2.45, 2.75) is 44.6 Å². The summed E-state index contributed by atoms with van der Waals surface area (Å²) in [6.45, 7) is 5.70. The summed E-state index contributed by atoms with van der Waals surface area (Å²) in [7, 11) is 0. The minimum absolute atomic E-state index is 0.151. The van der Waals surface area contributed by atoms with Gasteiger partial charge in [-0.3, -0.25) is 9.48 Å². The summed E-state index contributed by atoms with van der Waals surface area (Å²) in [6, 6.07) is 3.20. The average molecular weight is 361 g/mol. The van der Waals surface area contributed by atoms with Crippen LogP contribution in [0.1, 0.15) is 43.1 Å². The van der Waals surface area contributed by atoms with Crippen LogP contribution in [0, 0.1) is 11.6 Å². The van der Waals surface area contributed by atoms with E-state index in [9.17, 15) is 13.6 Å². The fourth-order valence-corrected chi connectivity index (χ4v) is 3.30. The van der Waals surface area contributed by atoms with E-state index in [1.165, 1.54) is 19.1 Å². The third kappa shape index (κ3) is 4.35. The second kappa shape index (κ2) is 7.78. The molecule has 2 aromatic rings. The van der Waals surface area contributed by atoms with E-state index >= 15 is 0 Å². The molecule has 1 fully saturated rings. The van der Waals surface area contributed by atoms with Crippen LogP contribution in [0.25, 0.3) is 0 Å². The number of nitrogens with one attached hydrogen (secondary N) is 1. The van der Waals surface area contributed by atoms with Gasteiger partial charge < -0.3 is 10.1 Å². The zero-order chi connectivity index (χ0) is 18.7. The molecule has 26 heavy (non-hydrogen) atoms. The highest BCUT2D eigenvalue weighted by molar-refractivity contribution is 5.73. The Kier molecular flexibility index (Phi) is 5.46. The van der Waals surface area contributed by atoms with Gasteiger partial charge in [-0.1, -0.05) is 6.08 Å². The second-order valence-corrected chi connectivity index (χ2v) is 6.47. The molecule has 0 aliphatic carbocycles. The number of carbonyl (C=O) groups is 1. The largest absolute Gasteiger partial charge is 0.365 e. The maximum atomic E-state index is 13.6. The fourth-order valence-electron chi connectivity index (χ4n) is 3.30. The third-order valence-corrected chi connectivity index (χ3v) is 4.33. The third-order valence-electron chi connectivity index (χ3n) is 4.33. The van der Waals surface area contributed by atoms with E-state index in [1.807, 2.05) is 6.20 Å². The topological polar surface area (TPSA) is 56.2 Å². The first kappa shape index (κ1) is 18.3. The monoisotopic (exact) mass is 361 g/mol. The molecule has 3 rings (SSSR count). The normalized spacial score (nSPS) is 22.8. The Morgan fingerprint density at radius 3 is 2.58 bits per heavy atom. The van der Waals surface area contributed by atoms with Gasteiger partial charge in [0.15, 0.2) is 0 Å². The van der Waals surface area contributed by atoms with E-state index in [2.05, 4.69) is 17.0 Å². The highest BCUT2D eigenvalue weighted by atomic mass is 19.1. The standard InChI is InChI=1S/C19H21F2N3O2/c1-3-4-24-11-14(10-22-24)19-9-17(23-12(2)25)8-18(26-19)13-5-15(20)7-16(21)6-13/h3,5-7,10-11,17-19H,1,4,8-9H2,2H3,(H,23,25)/t17-,18-,19+/m0/s1. The number of hydrogen-bond donors (Lipinski definition) is 1. The van der Waals surface area contributed by atoms with Gasteiger partial charge in [0.05, 0.1) is 24.9 Å². The number of benzene rings is 1. The molecule has 2 heterocycles. The van der Waals surface area contributed by atoms with Crippen molar-refractivity contribution < 1.29 is 18.3 Å². The highest BCUT2D eigenvalue weighted by Crippen LogP contribution is 2.39. The van der Waals surface area contributed by atoms with Gasteiger partial charge >= 0.3 is 0 Å². The van der Waals surface area contributed by atoms with Crippen molar-refractivity contribution in [3.8, 4) is 0 Å². The van der Waals surface area contributed by atoms with Crippen molar-refractivity contribution in [2.24, 2.45) is 0 Å². The quantitative estimate of drug-likeness (QED) is 0.830. The van der Waals surface area contributed by atoms with Crippen molar-refractivity contribution >= 4 is 5.91 Å². The molecular formula is C19H21F2N3O2. The molecule has 1 aliphatic heterocycles. The van der Waals surface area contributed by atoms with Crippen molar-refractivity contribution in [1.29, 1.82) is 0 Å². The molecule has 138 valence electrons. The lowest BCUT2D eigenvalue weighted by Gasteiger charge is -2.35. The zero-order valence-corrected chi connectivity index (χ0v) is 14.5. The van der Waals surface area contributed by atoms with Gasteiger partial charge in [-0.05, 0) is 30.5 Å². The maximum Gasteiger partial charge on any atom is 0.217 e. The number of amides is 1. The van der Waals surface area contributed by atoms with Gasteiger partial charge in [0.25, 0.3) is 0 Å². The average Bonchev–Trinajstić information content (AvgIpc) is 3.02. The molecule has 0 saturated carbocycles. The molecule has 7 heteroatoms. The SMILES string of the molecule is C=CCn1cc([C@H]2C[C@@H](NC(C)=O)C[C@@H](c3cc(F)cc(F)c3)O2)cn1. The van der Waals surface area contributed by atoms with Crippen LogP contribution in [0.15, 0.2) is 43.2 Å². The molecular weight excluding hydrogens is 340 g/mol. The van der Waals surface area contributed by atoms with Gasteiger partial charge in [-0.2, -0.15) is 5.10 Å². The second-order valence-electron chi connectivity index (χ2n) is 6.47. The number of halogens is 2. The number of ether oxygens (including phenoxy) is 1. The van der Waals surface area contributed by atoms with Crippen LogP contribution in [0.2, 0.25) is 0 Å². The van der Waals surface area contributed by atoms with E-state index in [-0.39, 0.29) is 18.1 Å². The molecule has 1 amide bonds. The van der Waals surface area contributed by atoms with Crippen molar-refractivity contribution in [2.75, 3.05) is 0 Å². The van der Waals surface area contributed by atoms with Gasteiger partial charge in [0, 0.05) is 30.8 Å². The Bertz CT molecular complexity index is 786. The van der Waals surface area contributed by atoms with Gasteiger partial charge in [-0.25, -0.2) is 8.78 Å². The summed E-state index contributed by atoms with van der Waals surface area (Å²) in [5.74, 6) is -1.46. The molecule has 5 nitrogen and oxygen atoms in total. The van der Waals surface area contributed by atoms with E-state index < -0.39 is 17.7 Å². The lowest BCUT2D eigenvalue weighted by atomic mass is 9.92. The predicted molar refractivity (Wildman–Crippen MR) is 92.2 cm³/mol. The minimum Gasteiger partial charge on any atom is -0.365 e. The first-order valence-corrected chi connectivity index (χ1v) is 8.46. The van der Waals surface area contributed by atoms with E-state index in [1.54, 1.807) is 17.0 Å². The first-order valence-electron chi connectivity index (χ1n) is 8.46. The summed E-state index contributed by atoms with van der Waals surface area (Å²) < 4.78 is 35.1. The Labute approximate surface area is 150 Å². The van der Waals surface area contributed by atoms with E-state index in [4.69, 9.17) is 4.74 Å². The number of nitrogens with zero attached hydrogens (tertiary/aromatic N) is 2. The number of allylic oxidation sites excluding steroid dienone is 1. The summed E-state index contributed by atoms with van der Waals surface area (Å²) in [6.07, 6.45) is 5.43. The van der Waals surface area contributed by atoms with Crippen LogP contribution < -0.4 is 5.32 Å². The highest BCUT2D eigenvalue weighted by Gasteiger charge is 2.33. The Balaban J connectivity index is 1.86. The molecule has 1 aromatic heterocycles. The van der Waals surface area contributed by atoms with E-state index in [0.717, 1.165) is 11.6 Å². The molecule has 1 N–H and O–H groups in total. The van der Waals surface area contributed by atoms with Crippen LogP contribution in [0.5, 0.6) is 0 Å². The molecule has 0 radical (unpaired) electrons. The molecule has 0 unspecified atom stereocenters. The molecule has 3 atom stereocenters. The predicted octanol–water partition coefficient (Wildman–Crippen LogP) is 3.44. The summed E-state index contributed by atoms with van der Waals surface area (Å²) in [4.78, 5) is 11.5. The van der Waals surface area contributed by atoms with Crippen LogP contribution in [-0.2, 0) is 16.1 Å². The number of hydrogen-bond acceptors (Lipinski definition) is 3. The molecule has 0 bridgehead atoms. The molecule has 1 aliphatic rings. The lowest BCUT2D eigenvalue weighted by molar-refractivity contribution is -0.122. The van der Waals surface area contributed by atoms with Crippen LogP contribution >= 0.6 is 0 Å². The molecule has 0 spiro atoms. The summed E-state index contributed by atoms with van der Waals surface area (Å²) in [5.41, 5.74) is 1.27. The molecule has 1 saturated heterocycles. The Morgan fingerprint density at radius 1 is 1.31 bits per heavy atom. The van der Waals surface area contributed by atoms with Gasteiger partial charge in [0.1, 0.15) is 11.6 Å². The first-order chi connectivity index (χ1) is 12.4. The Morgan fingerprint density at radius 2 is 1.96 bits per heavy atom. The minimum atomic E-state index is -0.652. The smallest absolute Gasteiger partial charge is 0.217 e. The Hall–Kier alpha value is -2.54. The van der Waals surface area contributed by atoms with Crippen LogP contribution in [-0.4, -0.2) is 21.7 Å². The zero-order valence-electron chi connectivity index (χ0n) is 14.5. The van der Waals surface area contributed by atoms with Crippen LogP contribution in [0.4, 0.5) is 8.78 Å². The summed E-state index contributed by atoms with van der Waals surface area (Å²) >= 11 is 0. The summed E-state index contributed by atoms with van der Waals surface area (Å²) in [5, 5.41) is 7.14. The van der Waals surface area contributed by atoms with Gasteiger partial charge in [-0.15, -0.1) is 6.58 Å². The number of rotatable bonds is 5. The number of aromatic nitrogens is 2. The van der Waals surface area contributed by atoms with Crippen molar-refractivity contribution in [3.63, 3.8) is 0 Å². The van der Waals surface area contributed by atoms with Crippen LogP contribution in [0.3, 0.4) is 0 Å². The van der Waals surface area contributed by atoms with Crippen molar-refractivity contribution in [3.05, 3.63) is 66.0 Å². The maximum absolute atomic E-state index is 13.6. The lowest BCUT2D eigenvalue weighted by Crippen LogP contribution is -2.39. The van der Waals surface area contributed by atoms with E-state index in [0.29, 0.717) is 24.9 Å². The fraction of sp³-hybridized carbons (Fsp3) is 0.368. The molecule has 1 aromatic carbocycles. The number of carbonyl (C=O) groups excluding carboxylic acids is 1. The van der Waals surface area contributed by atoms with Crippen molar-refractivity contribution in [1.82, 2.24) is 15.1 Å². The van der Waals surface area contributed by atoms with Gasteiger partial charge in [0.2, 0.25) is 5.91 Å².